The number of carbonyl (C=O) groups is 1. The van der Waals surface area contributed by atoms with E-state index in [0.29, 0.717) is 24.1 Å². The highest BCUT2D eigenvalue weighted by Crippen LogP contribution is 2.12. The fourth-order valence-electron chi connectivity index (χ4n) is 1.31. The van der Waals surface area contributed by atoms with Crippen molar-refractivity contribution >= 4 is 5.91 Å². The van der Waals surface area contributed by atoms with Gasteiger partial charge in [0.1, 0.15) is 5.69 Å². The van der Waals surface area contributed by atoms with E-state index in [1.165, 1.54) is 4.68 Å². The normalized spacial score (nSPS) is 11.0. The molecule has 5 heteroatoms. The van der Waals surface area contributed by atoms with Crippen LogP contribution in [0.1, 0.15) is 38.2 Å². The maximum Gasteiger partial charge on any atom is 0.269 e. The molecule has 96 valence electrons. The van der Waals surface area contributed by atoms with Crippen molar-refractivity contribution in [1.29, 1.82) is 0 Å². The van der Waals surface area contributed by atoms with Gasteiger partial charge in [0.05, 0.1) is 6.61 Å². The summed E-state index contributed by atoms with van der Waals surface area (Å²) in [5, 5.41) is 6.97. The van der Waals surface area contributed by atoms with E-state index in [2.05, 4.69) is 24.3 Å². The molecule has 0 bridgehead atoms. The number of aromatic nitrogens is 2. The highest BCUT2D eigenvalue weighted by Gasteiger charge is 2.14. The van der Waals surface area contributed by atoms with Crippen LogP contribution in [0.5, 0.6) is 5.88 Å². The van der Waals surface area contributed by atoms with Gasteiger partial charge in [-0.2, -0.15) is 0 Å². The topological polar surface area (TPSA) is 56.1 Å². The van der Waals surface area contributed by atoms with Crippen LogP contribution in [0.3, 0.4) is 0 Å². The lowest BCUT2D eigenvalue weighted by Gasteiger charge is -2.07. The summed E-state index contributed by atoms with van der Waals surface area (Å²) in [5.41, 5.74) is 0.512. The van der Waals surface area contributed by atoms with Crippen molar-refractivity contribution in [3.63, 3.8) is 0 Å². The first-order valence-corrected chi connectivity index (χ1v) is 5.88. The maximum atomic E-state index is 11.8. The summed E-state index contributed by atoms with van der Waals surface area (Å²) in [5.74, 6) is 0.800. The Labute approximate surface area is 102 Å². The molecule has 0 radical (unpaired) electrons. The van der Waals surface area contributed by atoms with Gasteiger partial charge < -0.3 is 10.1 Å². The molecule has 0 aliphatic heterocycles. The van der Waals surface area contributed by atoms with Gasteiger partial charge in [-0.25, -0.2) is 0 Å². The Kier molecular flexibility index (Phi) is 4.54. The van der Waals surface area contributed by atoms with Crippen LogP contribution in [0, 0.1) is 5.92 Å². The molecule has 0 fully saturated rings. The van der Waals surface area contributed by atoms with E-state index in [1.807, 2.05) is 13.8 Å². The Hall–Kier alpha value is -1.52. The Morgan fingerprint density at radius 2 is 2.12 bits per heavy atom. The summed E-state index contributed by atoms with van der Waals surface area (Å²) in [6.45, 7) is 8.57. The zero-order valence-electron chi connectivity index (χ0n) is 11.2. The summed E-state index contributed by atoms with van der Waals surface area (Å²) in [6.07, 6.45) is 0. The Balaban J connectivity index is 2.71. The molecule has 0 atom stereocenters. The first-order chi connectivity index (χ1) is 7.90. The van der Waals surface area contributed by atoms with Crippen molar-refractivity contribution in [2.45, 2.75) is 33.7 Å². The molecule has 0 aromatic carbocycles. The molecular formula is C12H21N3O2. The second kappa shape index (κ2) is 5.70. The molecule has 1 amide bonds. The molecule has 1 rings (SSSR count). The second-order valence-corrected chi connectivity index (χ2v) is 4.82. The standard InChI is InChI=1S/C12H21N3O2/c1-8(2)7-17-11-6-10(15(5)14-11)12(16)13-9(3)4/h6,8-9H,7H2,1-5H3,(H,13,16). The number of nitrogens with one attached hydrogen (secondary N) is 1. The third-order valence-corrected chi connectivity index (χ3v) is 2.07. The van der Waals surface area contributed by atoms with Crippen LogP contribution >= 0.6 is 0 Å². The molecule has 1 N–H and O–H groups in total. The molecule has 0 aliphatic carbocycles. The van der Waals surface area contributed by atoms with Crippen molar-refractivity contribution < 1.29 is 9.53 Å². The van der Waals surface area contributed by atoms with Crippen LogP contribution in [0.15, 0.2) is 6.07 Å². The predicted octanol–water partition coefficient (Wildman–Crippen LogP) is 1.59. The molecule has 1 heterocycles. The molecule has 0 unspecified atom stereocenters. The minimum absolute atomic E-state index is 0.109. The van der Waals surface area contributed by atoms with Gasteiger partial charge in [-0.15, -0.1) is 5.10 Å². The molecular weight excluding hydrogens is 218 g/mol. The van der Waals surface area contributed by atoms with E-state index in [-0.39, 0.29) is 11.9 Å². The van der Waals surface area contributed by atoms with Crippen molar-refractivity contribution in [1.82, 2.24) is 15.1 Å². The third kappa shape index (κ3) is 4.09. The maximum absolute atomic E-state index is 11.8. The average molecular weight is 239 g/mol. The van der Waals surface area contributed by atoms with Gasteiger partial charge in [0.15, 0.2) is 0 Å². The Bertz CT molecular complexity index is 383. The molecule has 0 spiro atoms. The van der Waals surface area contributed by atoms with E-state index < -0.39 is 0 Å². The van der Waals surface area contributed by atoms with E-state index in [1.54, 1.807) is 13.1 Å². The predicted molar refractivity (Wildman–Crippen MR) is 66.1 cm³/mol. The monoisotopic (exact) mass is 239 g/mol. The number of carbonyl (C=O) groups excluding carboxylic acids is 1. The third-order valence-electron chi connectivity index (χ3n) is 2.07. The smallest absolute Gasteiger partial charge is 0.269 e. The van der Waals surface area contributed by atoms with E-state index >= 15 is 0 Å². The minimum atomic E-state index is -0.130. The first-order valence-electron chi connectivity index (χ1n) is 5.88. The summed E-state index contributed by atoms with van der Waals surface area (Å²) < 4.78 is 7.01. The van der Waals surface area contributed by atoms with Crippen LogP contribution < -0.4 is 10.1 Å². The molecule has 0 saturated heterocycles. The molecule has 17 heavy (non-hydrogen) atoms. The fraction of sp³-hybridized carbons (Fsp3) is 0.667. The summed E-state index contributed by atoms with van der Waals surface area (Å²) in [6, 6.07) is 1.78. The minimum Gasteiger partial charge on any atom is -0.476 e. The lowest BCUT2D eigenvalue weighted by Crippen LogP contribution is -2.31. The number of hydrogen-bond donors (Lipinski definition) is 1. The van der Waals surface area contributed by atoms with Gasteiger partial charge >= 0.3 is 0 Å². The average Bonchev–Trinajstić information content (AvgIpc) is 2.55. The van der Waals surface area contributed by atoms with Crippen LogP contribution in [0.4, 0.5) is 0 Å². The van der Waals surface area contributed by atoms with Crippen LogP contribution in [-0.2, 0) is 7.05 Å². The lowest BCUT2D eigenvalue weighted by molar-refractivity contribution is 0.0933. The van der Waals surface area contributed by atoms with Crippen molar-refractivity contribution in [3.8, 4) is 5.88 Å². The van der Waals surface area contributed by atoms with Crippen LogP contribution in [0.2, 0.25) is 0 Å². The quantitative estimate of drug-likeness (QED) is 0.849. The fourth-order valence-corrected chi connectivity index (χ4v) is 1.31. The second-order valence-electron chi connectivity index (χ2n) is 4.82. The Morgan fingerprint density at radius 1 is 1.47 bits per heavy atom. The van der Waals surface area contributed by atoms with Gasteiger partial charge in [0, 0.05) is 19.2 Å². The zero-order chi connectivity index (χ0) is 13.0. The van der Waals surface area contributed by atoms with Gasteiger partial charge in [0.25, 0.3) is 5.91 Å². The summed E-state index contributed by atoms with van der Waals surface area (Å²) in [7, 11) is 1.73. The van der Waals surface area contributed by atoms with Gasteiger partial charge in [-0.3, -0.25) is 9.48 Å². The van der Waals surface area contributed by atoms with Crippen molar-refractivity contribution in [2.75, 3.05) is 6.61 Å². The summed E-state index contributed by atoms with van der Waals surface area (Å²) in [4.78, 5) is 11.8. The van der Waals surface area contributed by atoms with E-state index in [9.17, 15) is 4.79 Å². The molecule has 5 nitrogen and oxygen atoms in total. The van der Waals surface area contributed by atoms with Crippen molar-refractivity contribution in [3.05, 3.63) is 11.8 Å². The number of amides is 1. The number of ether oxygens (including phenoxy) is 1. The van der Waals surface area contributed by atoms with Gasteiger partial charge in [0.2, 0.25) is 5.88 Å². The van der Waals surface area contributed by atoms with E-state index in [4.69, 9.17) is 4.74 Å². The van der Waals surface area contributed by atoms with Crippen molar-refractivity contribution in [2.24, 2.45) is 13.0 Å². The molecule has 1 aromatic rings. The van der Waals surface area contributed by atoms with Crippen LogP contribution in [-0.4, -0.2) is 28.3 Å². The highest BCUT2D eigenvalue weighted by atomic mass is 16.5. The molecule has 0 saturated carbocycles. The SMILES string of the molecule is CC(C)COc1cc(C(=O)NC(C)C)n(C)n1. The number of rotatable bonds is 5. The number of aryl methyl sites for hydroxylation is 1. The molecule has 1 aromatic heterocycles. The molecule has 0 aliphatic rings. The lowest BCUT2D eigenvalue weighted by atomic mass is 10.2. The van der Waals surface area contributed by atoms with Crippen LogP contribution in [0.25, 0.3) is 0 Å². The first kappa shape index (κ1) is 13.5. The Morgan fingerprint density at radius 3 is 2.65 bits per heavy atom. The van der Waals surface area contributed by atoms with E-state index in [0.717, 1.165) is 0 Å². The zero-order valence-corrected chi connectivity index (χ0v) is 11.2. The van der Waals surface area contributed by atoms with Gasteiger partial charge in [-0.1, -0.05) is 13.8 Å². The largest absolute Gasteiger partial charge is 0.476 e. The summed E-state index contributed by atoms with van der Waals surface area (Å²) >= 11 is 0. The number of hydrogen-bond acceptors (Lipinski definition) is 3. The number of nitrogens with zero attached hydrogens (tertiary/aromatic N) is 2. The van der Waals surface area contributed by atoms with Gasteiger partial charge in [-0.05, 0) is 19.8 Å². The highest BCUT2D eigenvalue weighted by molar-refractivity contribution is 5.93.